The fraction of sp³-hybridized carbons (Fsp3) is 0.222. The van der Waals surface area contributed by atoms with Crippen LogP contribution in [0.15, 0.2) is 48.5 Å². The molecule has 2 amide bonds. The fourth-order valence-corrected chi connectivity index (χ4v) is 2.79. The molecule has 1 aliphatic rings. The molecular weight excluding hydrogens is 295 g/mol. The normalized spacial score (nSPS) is 17.7. The molecule has 1 fully saturated rings. The van der Waals surface area contributed by atoms with Crippen molar-refractivity contribution in [3.8, 4) is 0 Å². The van der Waals surface area contributed by atoms with Gasteiger partial charge in [-0.1, -0.05) is 37.3 Å². The van der Waals surface area contributed by atoms with Gasteiger partial charge in [0, 0.05) is 0 Å². The van der Waals surface area contributed by atoms with Crippen molar-refractivity contribution >= 4 is 23.2 Å². The number of imide groups is 1. The largest absolute Gasteiger partial charge is 0.371 e. The van der Waals surface area contributed by atoms with E-state index in [4.69, 9.17) is 0 Å². The van der Waals surface area contributed by atoms with Crippen molar-refractivity contribution in [1.82, 2.24) is 0 Å². The number of nitrogens with one attached hydrogen (secondary N) is 1. The predicted octanol–water partition coefficient (Wildman–Crippen LogP) is 3.13. The molecule has 1 unspecified atom stereocenters. The Bertz CT molecular complexity index is 760. The summed E-state index contributed by atoms with van der Waals surface area (Å²) in [4.78, 5) is 26.1. The molecule has 23 heavy (non-hydrogen) atoms. The van der Waals surface area contributed by atoms with E-state index < -0.39 is 11.9 Å². The number of amides is 2. The fourth-order valence-electron chi connectivity index (χ4n) is 2.79. The van der Waals surface area contributed by atoms with Gasteiger partial charge in [0.2, 0.25) is 5.91 Å². The van der Waals surface area contributed by atoms with Crippen LogP contribution in [0.1, 0.15) is 18.9 Å². The van der Waals surface area contributed by atoms with Crippen LogP contribution in [0.2, 0.25) is 0 Å². The van der Waals surface area contributed by atoms with Crippen LogP contribution >= 0.6 is 0 Å². The highest BCUT2D eigenvalue weighted by Gasteiger charge is 2.40. The summed E-state index contributed by atoms with van der Waals surface area (Å²) in [5.41, 5.74) is 1.77. The lowest BCUT2D eigenvalue weighted by atomic mass is 10.1. The van der Waals surface area contributed by atoms with Crippen molar-refractivity contribution in [1.29, 1.82) is 0 Å². The number of benzene rings is 2. The quantitative estimate of drug-likeness (QED) is 0.882. The second-order valence-electron chi connectivity index (χ2n) is 5.43. The van der Waals surface area contributed by atoms with Gasteiger partial charge in [-0.15, -0.1) is 0 Å². The maximum Gasteiger partial charge on any atom is 0.256 e. The molecule has 2 aromatic carbocycles. The summed E-state index contributed by atoms with van der Waals surface area (Å²) in [7, 11) is 0. The molecule has 0 aliphatic carbocycles. The minimum Gasteiger partial charge on any atom is -0.371 e. The number of nitrogens with zero attached hydrogens (tertiary/aromatic N) is 1. The predicted molar refractivity (Wildman–Crippen MR) is 86.7 cm³/mol. The molecule has 1 heterocycles. The molecule has 1 atom stereocenters. The standard InChI is InChI=1S/C18H17FN2O2/c1-2-12-7-3-6-10-16(12)21-17(22)11-15(18(21)23)20-14-9-5-4-8-13(14)19/h3-10,15,20H,2,11H2,1H3. The summed E-state index contributed by atoms with van der Waals surface area (Å²) in [6.07, 6.45) is 0.740. The van der Waals surface area contributed by atoms with Gasteiger partial charge in [-0.25, -0.2) is 9.29 Å². The van der Waals surface area contributed by atoms with Crippen molar-refractivity contribution in [3.63, 3.8) is 0 Å². The lowest BCUT2D eigenvalue weighted by Crippen LogP contribution is -2.35. The van der Waals surface area contributed by atoms with Gasteiger partial charge >= 0.3 is 0 Å². The first-order valence-electron chi connectivity index (χ1n) is 7.57. The van der Waals surface area contributed by atoms with Gasteiger partial charge in [0.25, 0.3) is 5.91 Å². The van der Waals surface area contributed by atoms with Crippen LogP contribution in [0.4, 0.5) is 15.8 Å². The molecule has 0 spiro atoms. The average molecular weight is 312 g/mol. The van der Waals surface area contributed by atoms with E-state index in [-0.39, 0.29) is 23.9 Å². The van der Waals surface area contributed by atoms with Gasteiger partial charge in [0.1, 0.15) is 11.9 Å². The zero-order valence-electron chi connectivity index (χ0n) is 12.8. The van der Waals surface area contributed by atoms with Gasteiger partial charge < -0.3 is 5.32 Å². The number of hydrogen-bond donors (Lipinski definition) is 1. The molecule has 1 N–H and O–H groups in total. The Labute approximate surface area is 133 Å². The topological polar surface area (TPSA) is 49.4 Å². The van der Waals surface area contributed by atoms with Crippen LogP contribution in [0.5, 0.6) is 0 Å². The van der Waals surface area contributed by atoms with Crippen molar-refractivity contribution < 1.29 is 14.0 Å². The molecule has 0 bridgehead atoms. The summed E-state index contributed by atoms with van der Waals surface area (Å²) in [6.45, 7) is 1.97. The van der Waals surface area contributed by atoms with E-state index in [1.165, 1.54) is 11.0 Å². The third-order valence-electron chi connectivity index (χ3n) is 3.96. The molecule has 1 aliphatic heterocycles. The molecule has 4 nitrogen and oxygen atoms in total. The van der Waals surface area contributed by atoms with Crippen LogP contribution in [0, 0.1) is 5.82 Å². The van der Waals surface area contributed by atoms with Crippen molar-refractivity contribution in [2.24, 2.45) is 0 Å². The number of aryl methyl sites for hydroxylation is 1. The molecule has 0 aromatic heterocycles. The summed E-state index contributed by atoms with van der Waals surface area (Å²) in [5, 5.41) is 2.84. The first-order chi connectivity index (χ1) is 11.1. The molecule has 5 heteroatoms. The highest BCUT2D eigenvalue weighted by Crippen LogP contribution is 2.28. The third-order valence-corrected chi connectivity index (χ3v) is 3.96. The van der Waals surface area contributed by atoms with Crippen molar-refractivity contribution in [3.05, 3.63) is 59.9 Å². The number of para-hydroxylation sites is 2. The smallest absolute Gasteiger partial charge is 0.256 e. The van der Waals surface area contributed by atoms with E-state index in [9.17, 15) is 14.0 Å². The Kier molecular flexibility index (Phi) is 4.10. The maximum absolute atomic E-state index is 13.7. The molecule has 0 radical (unpaired) electrons. The van der Waals surface area contributed by atoms with Crippen LogP contribution in [0.3, 0.4) is 0 Å². The number of hydrogen-bond acceptors (Lipinski definition) is 3. The van der Waals surface area contributed by atoms with Crippen molar-refractivity contribution in [2.75, 3.05) is 10.2 Å². The van der Waals surface area contributed by atoms with Gasteiger partial charge in [-0.3, -0.25) is 9.59 Å². The second kappa shape index (κ2) is 6.20. The molecule has 1 saturated heterocycles. The Morgan fingerprint density at radius 2 is 1.83 bits per heavy atom. The molecule has 3 rings (SSSR count). The first kappa shape index (κ1) is 15.2. The highest BCUT2D eigenvalue weighted by atomic mass is 19.1. The molecule has 0 saturated carbocycles. The average Bonchev–Trinajstić information content (AvgIpc) is 2.83. The van der Waals surface area contributed by atoms with Crippen LogP contribution in [-0.4, -0.2) is 17.9 Å². The Morgan fingerprint density at radius 3 is 2.57 bits per heavy atom. The van der Waals surface area contributed by atoms with E-state index >= 15 is 0 Å². The van der Waals surface area contributed by atoms with Gasteiger partial charge in [0.15, 0.2) is 0 Å². The van der Waals surface area contributed by atoms with E-state index in [0.717, 1.165) is 12.0 Å². The van der Waals surface area contributed by atoms with Crippen LogP contribution in [-0.2, 0) is 16.0 Å². The monoisotopic (exact) mass is 312 g/mol. The summed E-state index contributed by atoms with van der Waals surface area (Å²) >= 11 is 0. The van der Waals surface area contributed by atoms with Crippen LogP contribution in [0.25, 0.3) is 0 Å². The van der Waals surface area contributed by atoms with E-state index in [1.54, 1.807) is 30.3 Å². The minimum atomic E-state index is -0.746. The number of carbonyl (C=O) groups is 2. The highest BCUT2D eigenvalue weighted by molar-refractivity contribution is 6.23. The first-order valence-corrected chi connectivity index (χ1v) is 7.57. The number of anilines is 2. The summed E-state index contributed by atoms with van der Waals surface area (Å²) in [6, 6.07) is 12.7. The van der Waals surface area contributed by atoms with E-state index in [1.807, 2.05) is 19.1 Å². The van der Waals surface area contributed by atoms with Gasteiger partial charge in [0.05, 0.1) is 17.8 Å². The van der Waals surface area contributed by atoms with Crippen molar-refractivity contribution in [2.45, 2.75) is 25.8 Å². The molecular formula is C18H17FN2O2. The SMILES string of the molecule is CCc1ccccc1N1C(=O)CC(Nc2ccccc2F)C1=O. The lowest BCUT2D eigenvalue weighted by Gasteiger charge is -2.19. The number of rotatable bonds is 4. The van der Waals surface area contributed by atoms with E-state index in [2.05, 4.69) is 5.32 Å². The zero-order chi connectivity index (χ0) is 16.4. The van der Waals surface area contributed by atoms with E-state index in [0.29, 0.717) is 5.69 Å². The van der Waals surface area contributed by atoms with Gasteiger partial charge in [-0.2, -0.15) is 0 Å². The molecule has 118 valence electrons. The summed E-state index contributed by atoms with van der Waals surface area (Å²) in [5.74, 6) is -1.07. The second-order valence-corrected chi connectivity index (χ2v) is 5.43. The Hall–Kier alpha value is -2.69. The molecule has 2 aromatic rings. The van der Waals surface area contributed by atoms with Crippen LogP contribution < -0.4 is 10.2 Å². The van der Waals surface area contributed by atoms with Gasteiger partial charge in [-0.05, 0) is 30.2 Å². The zero-order valence-corrected chi connectivity index (χ0v) is 12.8. The number of halogens is 1. The number of carbonyl (C=O) groups excluding carboxylic acids is 2. The third kappa shape index (κ3) is 2.82. The maximum atomic E-state index is 13.7. The Morgan fingerprint density at radius 1 is 1.13 bits per heavy atom. The summed E-state index contributed by atoms with van der Waals surface area (Å²) < 4.78 is 13.7. The lowest BCUT2D eigenvalue weighted by molar-refractivity contribution is -0.121. The minimum absolute atomic E-state index is 0.0191. The Balaban J connectivity index is 1.87.